The molecule has 0 unspecified atom stereocenters. The van der Waals surface area contributed by atoms with Crippen LogP contribution in [0.4, 0.5) is 4.39 Å². The Kier molecular flexibility index (Phi) is 7.72. The molecule has 0 saturated heterocycles. The molecule has 0 heterocycles. The molecule has 5 heteroatoms. The van der Waals surface area contributed by atoms with Crippen LogP contribution in [0.2, 0.25) is 0 Å². The van der Waals surface area contributed by atoms with E-state index < -0.39 is 5.41 Å². The summed E-state index contributed by atoms with van der Waals surface area (Å²) in [6.07, 6.45) is 3.67. The normalized spacial score (nSPS) is 11.1. The molecule has 0 fully saturated rings. The van der Waals surface area contributed by atoms with Crippen LogP contribution in [0.3, 0.4) is 0 Å². The lowest BCUT2D eigenvalue weighted by atomic mass is 9.91. The van der Waals surface area contributed by atoms with Crippen LogP contribution >= 0.6 is 0 Å². The predicted octanol–water partition coefficient (Wildman–Crippen LogP) is 2.82. The number of nitrogens with one attached hydrogen (secondary N) is 2. The summed E-state index contributed by atoms with van der Waals surface area (Å²) in [4.78, 5) is 24.3. The lowest BCUT2D eigenvalue weighted by molar-refractivity contribution is -0.141. The first-order valence-electron chi connectivity index (χ1n) is 8.19. The number of rotatable bonds is 9. The number of unbranched alkanes of at least 4 members (excludes halogenated alkanes) is 2. The van der Waals surface area contributed by atoms with Gasteiger partial charge >= 0.3 is 0 Å². The van der Waals surface area contributed by atoms with Gasteiger partial charge < -0.3 is 10.6 Å². The minimum atomic E-state index is -1.10. The molecular formula is C18H27FN2O2. The van der Waals surface area contributed by atoms with Crippen molar-refractivity contribution in [3.8, 4) is 0 Å². The van der Waals surface area contributed by atoms with Gasteiger partial charge in [0, 0.05) is 13.1 Å². The highest BCUT2D eigenvalue weighted by molar-refractivity contribution is 6.04. The predicted molar refractivity (Wildman–Crippen MR) is 89.4 cm³/mol. The smallest absolute Gasteiger partial charge is 0.235 e. The largest absolute Gasteiger partial charge is 0.355 e. The summed E-state index contributed by atoms with van der Waals surface area (Å²) in [5.41, 5.74) is -0.164. The number of hydrogen-bond acceptors (Lipinski definition) is 2. The van der Waals surface area contributed by atoms with E-state index in [1.165, 1.54) is 12.1 Å². The number of halogens is 1. The number of carbonyl (C=O) groups is 2. The molecule has 0 aliphatic carbocycles. The van der Waals surface area contributed by atoms with E-state index in [0.717, 1.165) is 24.8 Å². The summed E-state index contributed by atoms with van der Waals surface area (Å²) in [5.74, 6) is -0.834. The van der Waals surface area contributed by atoms with Gasteiger partial charge in [0.05, 0.1) is 0 Å². The van der Waals surface area contributed by atoms with Gasteiger partial charge in [0.15, 0.2) is 0 Å². The molecule has 1 aromatic rings. The summed E-state index contributed by atoms with van der Waals surface area (Å²) in [5, 5.41) is 5.59. The fraction of sp³-hybridized carbons (Fsp3) is 0.556. The van der Waals surface area contributed by atoms with Crippen molar-refractivity contribution in [3.05, 3.63) is 35.6 Å². The first-order chi connectivity index (χ1) is 10.9. The Balaban J connectivity index is 2.38. The van der Waals surface area contributed by atoms with Gasteiger partial charge in [0.1, 0.15) is 11.2 Å². The van der Waals surface area contributed by atoms with E-state index in [4.69, 9.17) is 0 Å². The molecule has 0 spiro atoms. The van der Waals surface area contributed by atoms with Gasteiger partial charge in [-0.05, 0) is 44.4 Å². The van der Waals surface area contributed by atoms with Crippen molar-refractivity contribution in [1.82, 2.24) is 10.6 Å². The Bertz CT molecular complexity index is 512. The molecule has 4 nitrogen and oxygen atoms in total. The van der Waals surface area contributed by atoms with Crippen molar-refractivity contribution in [2.75, 3.05) is 13.1 Å². The van der Waals surface area contributed by atoms with Gasteiger partial charge in [-0.3, -0.25) is 9.59 Å². The van der Waals surface area contributed by atoms with Gasteiger partial charge in [0.2, 0.25) is 11.8 Å². The zero-order valence-corrected chi connectivity index (χ0v) is 14.2. The van der Waals surface area contributed by atoms with E-state index in [2.05, 4.69) is 17.6 Å². The van der Waals surface area contributed by atoms with Crippen LogP contribution in [-0.4, -0.2) is 24.9 Å². The van der Waals surface area contributed by atoms with Gasteiger partial charge in [-0.1, -0.05) is 31.9 Å². The third kappa shape index (κ3) is 6.38. The highest BCUT2D eigenvalue weighted by atomic mass is 19.1. The Morgan fingerprint density at radius 3 is 2.13 bits per heavy atom. The Morgan fingerprint density at radius 1 is 1.00 bits per heavy atom. The zero-order chi connectivity index (χ0) is 17.3. The summed E-state index contributed by atoms with van der Waals surface area (Å²) in [6.45, 7) is 6.35. The third-order valence-electron chi connectivity index (χ3n) is 3.81. The molecule has 2 N–H and O–H groups in total. The number of carbonyl (C=O) groups excluding carboxylic acids is 2. The minimum Gasteiger partial charge on any atom is -0.355 e. The van der Waals surface area contributed by atoms with Gasteiger partial charge in [-0.2, -0.15) is 0 Å². The fourth-order valence-electron chi connectivity index (χ4n) is 2.09. The van der Waals surface area contributed by atoms with E-state index in [1.54, 1.807) is 26.0 Å². The lowest BCUT2D eigenvalue weighted by Crippen LogP contribution is -2.48. The third-order valence-corrected chi connectivity index (χ3v) is 3.81. The molecule has 0 atom stereocenters. The summed E-state index contributed by atoms with van der Waals surface area (Å²) in [6, 6.07) is 6.16. The first kappa shape index (κ1) is 19.1. The van der Waals surface area contributed by atoms with Crippen molar-refractivity contribution < 1.29 is 14.0 Å². The second-order valence-corrected chi connectivity index (χ2v) is 6.22. The summed E-state index contributed by atoms with van der Waals surface area (Å²) in [7, 11) is 0. The number of benzene rings is 1. The standard InChI is InChI=1S/C18H27FN2O2/c1-4-5-6-12-20-16(22)18(2,3)17(23)21-13-11-14-7-9-15(19)10-8-14/h7-10H,4-6,11-13H2,1-3H3,(H,20,22)(H,21,23). The van der Waals surface area contributed by atoms with E-state index in [0.29, 0.717) is 19.5 Å². The maximum absolute atomic E-state index is 12.8. The van der Waals surface area contributed by atoms with Crippen LogP contribution in [0.25, 0.3) is 0 Å². The van der Waals surface area contributed by atoms with Crippen LogP contribution in [0.15, 0.2) is 24.3 Å². The SMILES string of the molecule is CCCCCNC(=O)C(C)(C)C(=O)NCCc1ccc(F)cc1. The van der Waals surface area contributed by atoms with Gasteiger partial charge in [0.25, 0.3) is 0 Å². The zero-order valence-electron chi connectivity index (χ0n) is 14.2. The maximum Gasteiger partial charge on any atom is 0.235 e. The topological polar surface area (TPSA) is 58.2 Å². The Hall–Kier alpha value is -1.91. The molecule has 2 amide bonds. The van der Waals surface area contributed by atoms with Crippen molar-refractivity contribution in [3.63, 3.8) is 0 Å². The molecular weight excluding hydrogens is 295 g/mol. The van der Waals surface area contributed by atoms with Crippen LogP contribution in [-0.2, 0) is 16.0 Å². The highest BCUT2D eigenvalue weighted by Gasteiger charge is 2.35. The summed E-state index contributed by atoms with van der Waals surface area (Å²) < 4.78 is 12.8. The molecule has 128 valence electrons. The molecule has 0 saturated carbocycles. The Labute approximate surface area is 137 Å². The first-order valence-corrected chi connectivity index (χ1v) is 8.19. The van der Waals surface area contributed by atoms with Gasteiger partial charge in [-0.15, -0.1) is 0 Å². The van der Waals surface area contributed by atoms with Crippen molar-refractivity contribution in [2.24, 2.45) is 5.41 Å². The van der Waals surface area contributed by atoms with Crippen molar-refractivity contribution >= 4 is 11.8 Å². The van der Waals surface area contributed by atoms with E-state index in [1.807, 2.05) is 0 Å². The number of hydrogen-bond donors (Lipinski definition) is 2. The van der Waals surface area contributed by atoms with E-state index in [-0.39, 0.29) is 17.6 Å². The van der Waals surface area contributed by atoms with Crippen LogP contribution in [0.5, 0.6) is 0 Å². The molecule has 0 aliphatic rings. The molecule has 1 aromatic carbocycles. The molecule has 23 heavy (non-hydrogen) atoms. The van der Waals surface area contributed by atoms with Crippen LogP contribution < -0.4 is 10.6 Å². The maximum atomic E-state index is 12.8. The minimum absolute atomic E-state index is 0.257. The molecule has 0 radical (unpaired) electrons. The second-order valence-electron chi connectivity index (χ2n) is 6.22. The highest BCUT2D eigenvalue weighted by Crippen LogP contribution is 2.15. The molecule has 0 aliphatic heterocycles. The number of amides is 2. The van der Waals surface area contributed by atoms with E-state index >= 15 is 0 Å². The van der Waals surface area contributed by atoms with Crippen molar-refractivity contribution in [1.29, 1.82) is 0 Å². The summed E-state index contributed by atoms with van der Waals surface area (Å²) >= 11 is 0. The molecule has 0 bridgehead atoms. The average molecular weight is 322 g/mol. The lowest BCUT2D eigenvalue weighted by Gasteiger charge is -2.22. The quantitative estimate of drug-likeness (QED) is 0.542. The average Bonchev–Trinajstić information content (AvgIpc) is 2.53. The fourth-order valence-corrected chi connectivity index (χ4v) is 2.09. The second kappa shape index (κ2) is 9.28. The Morgan fingerprint density at radius 2 is 1.57 bits per heavy atom. The van der Waals surface area contributed by atoms with Crippen LogP contribution in [0.1, 0.15) is 45.6 Å². The monoisotopic (exact) mass is 322 g/mol. The molecule has 0 aromatic heterocycles. The van der Waals surface area contributed by atoms with Crippen LogP contribution in [0, 0.1) is 11.2 Å². The van der Waals surface area contributed by atoms with Gasteiger partial charge in [-0.25, -0.2) is 4.39 Å². The van der Waals surface area contributed by atoms with Crippen molar-refractivity contribution in [2.45, 2.75) is 46.5 Å². The van der Waals surface area contributed by atoms with E-state index in [9.17, 15) is 14.0 Å². The molecule has 1 rings (SSSR count).